The third-order valence-corrected chi connectivity index (χ3v) is 5.67. The number of aromatic nitrogens is 4. The number of nitrogens with one attached hydrogen (secondary N) is 2. The minimum atomic E-state index is -0.345. The molecule has 150 valence electrons. The van der Waals surface area contributed by atoms with Gasteiger partial charge in [0, 0.05) is 21.7 Å². The van der Waals surface area contributed by atoms with Crippen LogP contribution in [-0.4, -0.2) is 26.9 Å². The van der Waals surface area contributed by atoms with Crippen LogP contribution in [-0.2, 0) is 0 Å². The van der Waals surface area contributed by atoms with Gasteiger partial charge in [0.15, 0.2) is 5.82 Å². The Morgan fingerprint density at radius 3 is 2.32 bits per heavy atom. The molecule has 0 unspecified atom stereocenters. The lowest BCUT2D eigenvalue weighted by Gasteiger charge is -2.10. The van der Waals surface area contributed by atoms with E-state index in [2.05, 4.69) is 10.1 Å². The van der Waals surface area contributed by atoms with Crippen molar-refractivity contribution in [3.63, 3.8) is 0 Å². The summed E-state index contributed by atoms with van der Waals surface area (Å²) in [6, 6.07) is 20.3. The zero-order valence-corrected chi connectivity index (χ0v) is 16.5. The molecule has 0 saturated heterocycles. The molecule has 0 saturated carbocycles. The van der Waals surface area contributed by atoms with Gasteiger partial charge in [0.25, 0.3) is 11.1 Å². The van der Waals surface area contributed by atoms with Crippen molar-refractivity contribution in [2.75, 3.05) is 7.11 Å². The first-order chi connectivity index (χ1) is 15.2. The molecule has 0 aliphatic heterocycles. The zero-order chi connectivity index (χ0) is 21.1. The third kappa shape index (κ3) is 2.43. The van der Waals surface area contributed by atoms with E-state index in [4.69, 9.17) is 9.72 Å². The van der Waals surface area contributed by atoms with E-state index in [-0.39, 0.29) is 11.1 Å². The molecule has 0 radical (unpaired) electrons. The SMILES string of the molecule is COc1ccc2[nH]c3nc(-n4[nH]c(=O)c5ccccc5c4=O)c4ccccc4c3c2c1. The predicted octanol–water partition coefficient (Wildman–Crippen LogP) is 3.87. The minimum Gasteiger partial charge on any atom is -0.497 e. The molecule has 0 aliphatic rings. The number of benzene rings is 3. The van der Waals surface area contributed by atoms with E-state index in [1.807, 2.05) is 42.5 Å². The number of aromatic amines is 2. The molecular weight excluding hydrogens is 392 g/mol. The molecule has 3 heterocycles. The molecule has 3 aromatic heterocycles. The van der Waals surface area contributed by atoms with Gasteiger partial charge in [-0.3, -0.25) is 14.7 Å². The zero-order valence-electron chi connectivity index (χ0n) is 16.5. The van der Waals surface area contributed by atoms with Crippen molar-refractivity contribution in [2.45, 2.75) is 0 Å². The molecule has 7 nitrogen and oxygen atoms in total. The van der Waals surface area contributed by atoms with Gasteiger partial charge in [0.05, 0.1) is 17.9 Å². The molecule has 3 aromatic carbocycles. The van der Waals surface area contributed by atoms with Crippen molar-refractivity contribution < 1.29 is 4.74 Å². The van der Waals surface area contributed by atoms with Crippen LogP contribution in [0.15, 0.2) is 76.3 Å². The second kappa shape index (κ2) is 6.30. The van der Waals surface area contributed by atoms with Gasteiger partial charge < -0.3 is 9.72 Å². The first-order valence-corrected chi connectivity index (χ1v) is 9.78. The fourth-order valence-corrected chi connectivity index (χ4v) is 4.22. The smallest absolute Gasteiger partial charge is 0.279 e. The summed E-state index contributed by atoms with van der Waals surface area (Å²) in [5.74, 6) is 1.12. The van der Waals surface area contributed by atoms with Crippen LogP contribution in [0.2, 0.25) is 0 Å². The van der Waals surface area contributed by atoms with E-state index >= 15 is 0 Å². The van der Waals surface area contributed by atoms with Gasteiger partial charge >= 0.3 is 0 Å². The quantitative estimate of drug-likeness (QED) is 0.455. The highest BCUT2D eigenvalue weighted by Gasteiger charge is 2.17. The summed E-state index contributed by atoms with van der Waals surface area (Å²) in [6.45, 7) is 0. The van der Waals surface area contributed by atoms with Gasteiger partial charge in [0.2, 0.25) is 0 Å². The number of hydrogen-bond acceptors (Lipinski definition) is 4. The molecule has 7 heteroatoms. The summed E-state index contributed by atoms with van der Waals surface area (Å²) in [4.78, 5) is 34.0. The Morgan fingerprint density at radius 2 is 1.55 bits per heavy atom. The molecule has 2 N–H and O–H groups in total. The van der Waals surface area contributed by atoms with Crippen LogP contribution in [0, 0.1) is 0 Å². The van der Waals surface area contributed by atoms with Crippen LogP contribution in [0.5, 0.6) is 5.75 Å². The number of nitrogens with zero attached hydrogens (tertiary/aromatic N) is 2. The van der Waals surface area contributed by atoms with E-state index < -0.39 is 0 Å². The van der Waals surface area contributed by atoms with Gasteiger partial charge in [-0.2, -0.15) is 4.68 Å². The highest BCUT2D eigenvalue weighted by Crippen LogP contribution is 2.34. The van der Waals surface area contributed by atoms with Crippen molar-refractivity contribution in [3.8, 4) is 11.6 Å². The van der Waals surface area contributed by atoms with Crippen molar-refractivity contribution in [1.82, 2.24) is 19.7 Å². The number of H-pyrrole nitrogens is 2. The van der Waals surface area contributed by atoms with Crippen LogP contribution in [0.3, 0.4) is 0 Å². The Kier molecular flexibility index (Phi) is 3.55. The van der Waals surface area contributed by atoms with E-state index in [1.165, 1.54) is 4.68 Å². The van der Waals surface area contributed by atoms with Crippen molar-refractivity contribution in [2.24, 2.45) is 0 Å². The number of fused-ring (bicyclic) bond motifs is 6. The molecule has 0 atom stereocenters. The van der Waals surface area contributed by atoms with Gasteiger partial charge in [-0.1, -0.05) is 36.4 Å². The number of pyridine rings is 1. The Hall–Kier alpha value is -4.39. The minimum absolute atomic E-state index is 0.329. The Balaban J connectivity index is 1.79. The molecule has 6 rings (SSSR count). The van der Waals surface area contributed by atoms with E-state index in [0.29, 0.717) is 22.2 Å². The fraction of sp³-hybridized carbons (Fsp3) is 0.0417. The maximum atomic E-state index is 13.2. The lowest BCUT2D eigenvalue weighted by molar-refractivity contribution is 0.415. The highest BCUT2D eigenvalue weighted by atomic mass is 16.5. The summed E-state index contributed by atoms with van der Waals surface area (Å²) in [7, 11) is 1.63. The van der Waals surface area contributed by atoms with Crippen LogP contribution in [0.1, 0.15) is 0 Å². The topological polar surface area (TPSA) is 92.8 Å². The number of ether oxygens (including phenoxy) is 1. The number of rotatable bonds is 2. The number of methoxy groups -OCH3 is 1. The lowest BCUT2D eigenvalue weighted by atomic mass is 10.1. The fourth-order valence-electron chi connectivity index (χ4n) is 4.22. The highest BCUT2D eigenvalue weighted by molar-refractivity contribution is 6.20. The Morgan fingerprint density at radius 1 is 0.839 bits per heavy atom. The average Bonchev–Trinajstić information content (AvgIpc) is 3.18. The Labute approximate surface area is 174 Å². The van der Waals surface area contributed by atoms with Gasteiger partial charge in [0.1, 0.15) is 11.4 Å². The molecule has 6 aromatic rings. The normalized spacial score (nSPS) is 11.6. The molecule has 0 aliphatic carbocycles. The largest absolute Gasteiger partial charge is 0.497 e. The third-order valence-electron chi connectivity index (χ3n) is 5.67. The maximum Gasteiger partial charge on any atom is 0.279 e. The van der Waals surface area contributed by atoms with Gasteiger partial charge in [-0.25, -0.2) is 4.98 Å². The standard InChI is InChI=1S/C24H16N4O3/c1-31-13-10-11-19-18(12-13)20-14-6-2-3-7-15(14)22(26-21(20)25-19)28-24(30)17-9-5-4-8-16(17)23(29)27-28/h2-12H,1H3,(H,25,26)(H,27,29). The predicted molar refractivity (Wildman–Crippen MR) is 121 cm³/mol. The second-order valence-corrected chi connectivity index (χ2v) is 7.37. The van der Waals surface area contributed by atoms with Crippen LogP contribution in [0.4, 0.5) is 0 Å². The monoisotopic (exact) mass is 408 g/mol. The van der Waals surface area contributed by atoms with E-state index in [1.54, 1.807) is 31.4 Å². The van der Waals surface area contributed by atoms with Crippen LogP contribution >= 0.6 is 0 Å². The van der Waals surface area contributed by atoms with Crippen molar-refractivity contribution >= 4 is 43.5 Å². The van der Waals surface area contributed by atoms with Crippen molar-refractivity contribution in [3.05, 3.63) is 87.4 Å². The first-order valence-electron chi connectivity index (χ1n) is 9.78. The van der Waals surface area contributed by atoms with Crippen LogP contribution in [0.25, 0.3) is 49.3 Å². The van der Waals surface area contributed by atoms with E-state index in [9.17, 15) is 9.59 Å². The van der Waals surface area contributed by atoms with Crippen molar-refractivity contribution in [1.29, 1.82) is 0 Å². The van der Waals surface area contributed by atoms with Gasteiger partial charge in [-0.05, 0) is 35.7 Å². The van der Waals surface area contributed by atoms with E-state index in [0.717, 1.165) is 32.8 Å². The summed E-state index contributed by atoms with van der Waals surface area (Å²) in [5.41, 5.74) is 0.857. The number of hydrogen-bond donors (Lipinski definition) is 2. The Bertz CT molecular complexity index is 1780. The molecule has 0 bridgehead atoms. The molecule has 31 heavy (non-hydrogen) atoms. The summed E-state index contributed by atoms with van der Waals surface area (Å²) in [6.07, 6.45) is 0. The molecule has 0 fully saturated rings. The summed E-state index contributed by atoms with van der Waals surface area (Å²) in [5, 5.41) is 6.98. The molecular formula is C24H16N4O3. The van der Waals surface area contributed by atoms with Crippen LogP contribution < -0.4 is 15.9 Å². The average molecular weight is 408 g/mol. The lowest BCUT2D eigenvalue weighted by Crippen LogP contribution is -2.29. The molecule has 0 amide bonds. The summed E-state index contributed by atoms with van der Waals surface area (Å²) >= 11 is 0. The van der Waals surface area contributed by atoms with Gasteiger partial charge in [-0.15, -0.1) is 0 Å². The molecule has 0 spiro atoms. The first kappa shape index (κ1) is 17.5. The summed E-state index contributed by atoms with van der Waals surface area (Å²) < 4.78 is 6.63. The maximum absolute atomic E-state index is 13.2. The second-order valence-electron chi connectivity index (χ2n) is 7.37.